The fraction of sp³-hybridized carbons (Fsp3) is 0. The number of oxazole rings is 1. The number of phenols is 1. The van der Waals surface area contributed by atoms with E-state index in [9.17, 15) is 9.90 Å². The summed E-state index contributed by atoms with van der Waals surface area (Å²) < 4.78 is 11.5. The number of fused-ring (bicyclic) bond motifs is 1. The van der Waals surface area contributed by atoms with Crippen molar-refractivity contribution in [3.8, 4) is 28.5 Å². The van der Waals surface area contributed by atoms with E-state index in [0.717, 1.165) is 0 Å². The first kappa shape index (κ1) is 25.8. The zero-order valence-corrected chi connectivity index (χ0v) is 22.3. The molecule has 0 aliphatic heterocycles. The third-order valence-electron chi connectivity index (χ3n) is 5.29. The van der Waals surface area contributed by atoms with Crippen LogP contribution in [0, 0.1) is 0 Å². The van der Waals surface area contributed by atoms with Gasteiger partial charge in [-0.2, -0.15) is 0 Å². The average molecular weight is 585 g/mol. The van der Waals surface area contributed by atoms with E-state index >= 15 is 0 Å². The molecule has 3 N–H and O–H groups in total. The SMILES string of the molecule is O=C(/C=C/c1ccc(-c2ccc(Cl)cc2Cl)o1)NC(=S)Nc1ccc(O)c(-c2nc3cc(Cl)ccc3o2)c1. The minimum Gasteiger partial charge on any atom is -0.507 e. The highest BCUT2D eigenvalue weighted by atomic mass is 35.5. The number of furan rings is 1. The molecular weight excluding hydrogens is 569 g/mol. The number of hydrogen-bond acceptors (Lipinski definition) is 6. The number of aromatic nitrogens is 1. The number of carbonyl (C=O) groups excluding carboxylic acids is 1. The van der Waals surface area contributed by atoms with Crippen molar-refractivity contribution in [2.75, 3.05) is 5.32 Å². The third-order valence-corrected chi connectivity index (χ3v) is 6.28. The zero-order chi connectivity index (χ0) is 26.8. The Morgan fingerprint density at radius 2 is 1.71 bits per heavy atom. The number of thiocarbonyl (C=S) groups is 1. The van der Waals surface area contributed by atoms with Gasteiger partial charge in [0.1, 0.15) is 22.8 Å². The minimum atomic E-state index is -0.472. The average Bonchev–Trinajstić information content (AvgIpc) is 3.50. The smallest absolute Gasteiger partial charge is 0.250 e. The summed E-state index contributed by atoms with van der Waals surface area (Å²) in [7, 11) is 0. The molecule has 0 saturated carbocycles. The van der Waals surface area contributed by atoms with Gasteiger partial charge in [0.25, 0.3) is 0 Å². The number of nitrogens with zero attached hydrogens (tertiary/aromatic N) is 1. The van der Waals surface area contributed by atoms with Crippen LogP contribution in [0.3, 0.4) is 0 Å². The molecule has 38 heavy (non-hydrogen) atoms. The number of amides is 1. The van der Waals surface area contributed by atoms with Crippen molar-refractivity contribution >= 4 is 80.9 Å². The quantitative estimate of drug-likeness (QED) is 0.109. The van der Waals surface area contributed by atoms with Crippen molar-refractivity contribution in [2.45, 2.75) is 0 Å². The summed E-state index contributed by atoms with van der Waals surface area (Å²) in [5.74, 6) is 0.680. The van der Waals surface area contributed by atoms with Crippen LogP contribution in [0.1, 0.15) is 5.76 Å². The molecule has 7 nitrogen and oxygen atoms in total. The van der Waals surface area contributed by atoms with Crippen molar-refractivity contribution in [3.63, 3.8) is 0 Å². The van der Waals surface area contributed by atoms with Gasteiger partial charge in [-0.3, -0.25) is 10.1 Å². The van der Waals surface area contributed by atoms with Crippen LogP contribution in [0.5, 0.6) is 5.75 Å². The van der Waals surface area contributed by atoms with Gasteiger partial charge in [-0.25, -0.2) is 4.98 Å². The molecular formula is C27H16Cl3N3O4S. The Balaban J connectivity index is 1.23. The molecule has 1 amide bonds. The van der Waals surface area contributed by atoms with Crippen LogP contribution in [0.15, 0.2) is 81.6 Å². The van der Waals surface area contributed by atoms with Crippen LogP contribution in [-0.4, -0.2) is 21.1 Å². The molecule has 0 aliphatic carbocycles. The van der Waals surface area contributed by atoms with Crippen molar-refractivity contribution < 1.29 is 18.7 Å². The molecule has 190 valence electrons. The van der Waals surface area contributed by atoms with Gasteiger partial charge < -0.3 is 19.3 Å². The van der Waals surface area contributed by atoms with Gasteiger partial charge in [-0.1, -0.05) is 34.8 Å². The highest BCUT2D eigenvalue weighted by molar-refractivity contribution is 7.80. The van der Waals surface area contributed by atoms with Crippen LogP contribution < -0.4 is 10.6 Å². The number of anilines is 1. The Hall–Kier alpha value is -3.82. The number of aromatic hydroxyl groups is 1. The van der Waals surface area contributed by atoms with E-state index in [1.807, 2.05) is 0 Å². The fourth-order valence-electron chi connectivity index (χ4n) is 3.55. The lowest BCUT2D eigenvalue weighted by Crippen LogP contribution is -2.32. The van der Waals surface area contributed by atoms with Gasteiger partial charge in [0.05, 0.1) is 10.6 Å². The molecule has 0 atom stereocenters. The summed E-state index contributed by atoms with van der Waals surface area (Å²) in [6, 6.07) is 18.2. The van der Waals surface area contributed by atoms with E-state index in [4.69, 9.17) is 55.9 Å². The summed E-state index contributed by atoms with van der Waals surface area (Å²) in [5, 5.41) is 17.3. The summed E-state index contributed by atoms with van der Waals surface area (Å²) in [6.45, 7) is 0. The Labute approximate surface area is 236 Å². The van der Waals surface area contributed by atoms with Gasteiger partial charge in [0.2, 0.25) is 11.8 Å². The lowest BCUT2D eigenvalue weighted by atomic mass is 10.1. The number of carbonyl (C=O) groups is 1. The molecule has 5 aromatic rings. The van der Waals surface area contributed by atoms with E-state index in [-0.39, 0.29) is 16.8 Å². The summed E-state index contributed by atoms with van der Waals surface area (Å²) in [4.78, 5) is 16.8. The molecule has 2 aromatic heterocycles. The number of hydrogen-bond donors (Lipinski definition) is 3. The molecule has 0 saturated heterocycles. The number of benzene rings is 3. The molecule has 0 radical (unpaired) electrons. The fourth-order valence-corrected chi connectivity index (χ4v) is 4.44. The molecule has 0 spiro atoms. The van der Waals surface area contributed by atoms with Crippen molar-refractivity contribution in [2.24, 2.45) is 0 Å². The topological polar surface area (TPSA) is 101 Å². The molecule has 0 aliphatic rings. The van der Waals surface area contributed by atoms with Gasteiger partial charge in [-0.15, -0.1) is 0 Å². The van der Waals surface area contributed by atoms with E-state index in [1.165, 1.54) is 18.2 Å². The molecule has 0 fully saturated rings. The molecule has 0 unspecified atom stereocenters. The normalized spacial score (nSPS) is 11.2. The van der Waals surface area contributed by atoms with E-state index in [2.05, 4.69) is 15.6 Å². The molecule has 2 heterocycles. The van der Waals surface area contributed by atoms with Gasteiger partial charge in [0, 0.05) is 27.4 Å². The van der Waals surface area contributed by atoms with Crippen molar-refractivity contribution in [1.82, 2.24) is 10.3 Å². The largest absolute Gasteiger partial charge is 0.507 e. The minimum absolute atomic E-state index is 0.0382. The predicted octanol–water partition coefficient (Wildman–Crippen LogP) is 7.95. The van der Waals surface area contributed by atoms with E-state index in [0.29, 0.717) is 54.5 Å². The lowest BCUT2D eigenvalue weighted by molar-refractivity contribution is -0.115. The summed E-state index contributed by atoms with van der Waals surface area (Å²) in [6.07, 6.45) is 2.79. The second kappa shape index (κ2) is 10.9. The number of rotatable bonds is 5. The maximum absolute atomic E-state index is 12.4. The summed E-state index contributed by atoms with van der Waals surface area (Å²) in [5.41, 5.74) is 2.60. The van der Waals surface area contributed by atoms with Crippen LogP contribution in [0.4, 0.5) is 5.69 Å². The Morgan fingerprint density at radius 1 is 0.921 bits per heavy atom. The van der Waals surface area contributed by atoms with Gasteiger partial charge in [-0.05, 0) is 85.0 Å². The molecule has 11 heteroatoms. The number of halogens is 3. The predicted molar refractivity (Wildman–Crippen MR) is 154 cm³/mol. The Morgan fingerprint density at radius 3 is 2.53 bits per heavy atom. The third kappa shape index (κ3) is 5.84. The van der Waals surface area contributed by atoms with Gasteiger partial charge >= 0.3 is 0 Å². The van der Waals surface area contributed by atoms with Crippen LogP contribution >= 0.6 is 47.0 Å². The Kier molecular flexibility index (Phi) is 7.40. The molecule has 3 aromatic carbocycles. The molecule has 5 rings (SSSR count). The van der Waals surface area contributed by atoms with E-state index in [1.54, 1.807) is 60.7 Å². The zero-order valence-electron chi connectivity index (χ0n) is 19.2. The van der Waals surface area contributed by atoms with Crippen molar-refractivity contribution in [3.05, 3.63) is 93.6 Å². The van der Waals surface area contributed by atoms with Gasteiger partial charge in [0.15, 0.2) is 10.7 Å². The number of nitrogens with one attached hydrogen (secondary N) is 2. The monoisotopic (exact) mass is 583 g/mol. The number of phenolic OH excluding ortho intramolecular Hbond substituents is 1. The maximum atomic E-state index is 12.4. The first-order valence-corrected chi connectivity index (χ1v) is 12.5. The van der Waals surface area contributed by atoms with Crippen LogP contribution in [0.25, 0.3) is 40.0 Å². The summed E-state index contributed by atoms with van der Waals surface area (Å²) >= 11 is 23.4. The second-order valence-corrected chi connectivity index (χ2v) is 9.65. The molecule has 0 bridgehead atoms. The first-order chi connectivity index (χ1) is 18.2. The van der Waals surface area contributed by atoms with E-state index < -0.39 is 5.91 Å². The lowest BCUT2D eigenvalue weighted by Gasteiger charge is -2.10. The first-order valence-electron chi connectivity index (χ1n) is 11.0. The maximum Gasteiger partial charge on any atom is 0.250 e. The van der Waals surface area contributed by atoms with Crippen molar-refractivity contribution in [1.29, 1.82) is 0 Å². The highest BCUT2D eigenvalue weighted by Crippen LogP contribution is 2.34. The highest BCUT2D eigenvalue weighted by Gasteiger charge is 2.14. The Bertz CT molecular complexity index is 1730. The second-order valence-electron chi connectivity index (χ2n) is 7.97. The van der Waals surface area contributed by atoms with Crippen LogP contribution in [-0.2, 0) is 4.79 Å². The van der Waals surface area contributed by atoms with Crippen LogP contribution in [0.2, 0.25) is 15.1 Å². The standard InChI is InChI=1S/C27H16Cl3N3O4S/c28-14-1-6-18(20(30)11-14)23-9-4-17(36-23)5-10-25(35)33-27(38)31-16-3-7-22(34)19(13-16)26-32-21-12-15(29)2-8-24(21)37-26/h1-13,34H,(H2,31,33,35,38)/b10-5+.